The van der Waals surface area contributed by atoms with Crippen LogP contribution in [0.15, 0.2) is 16.1 Å². The van der Waals surface area contributed by atoms with Crippen LogP contribution >= 0.6 is 23.5 Å². The van der Waals surface area contributed by atoms with Gasteiger partial charge in [0.15, 0.2) is 0 Å². The van der Waals surface area contributed by atoms with E-state index in [1.54, 1.807) is 4.68 Å². The highest BCUT2D eigenvalue weighted by molar-refractivity contribution is 8.40. The summed E-state index contributed by atoms with van der Waals surface area (Å²) in [5.74, 6) is -0.155. The van der Waals surface area contributed by atoms with E-state index in [-0.39, 0.29) is 5.91 Å². The molecule has 0 bridgehead atoms. The molecule has 0 radical (unpaired) electrons. The van der Waals surface area contributed by atoms with Crippen molar-refractivity contribution in [1.29, 1.82) is 0 Å². The van der Waals surface area contributed by atoms with Crippen LogP contribution < -0.4 is 0 Å². The second-order valence-corrected chi connectivity index (χ2v) is 5.43. The molecule has 1 aromatic rings. The van der Waals surface area contributed by atoms with Crippen molar-refractivity contribution < 1.29 is 4.79 Å². The number of carbonyl (C=O) groups is 1. The largest absolute Gasteiger partial charge is 0.285 e. The minimum atomic E-state index is -0.155. The fourth-order valence-electron chi connectivity index (χ4n) is 1.38. The maximum atomic E-state index is 11.5. The molecule has 1 aliphatic heterocycles. The Labute approximate surface area is 102 Å². The van der Waals surface area contributed by atoms with Gasteiger partial charge in [-0.25, -0.2) is 0 Å². The van der Waals surface area contributed by atoms with Gasteiger partial charge in [0.1, 0.15) is 4.38 Å². The standard InChI is InChI=1S/C10H11N3OS2/c1-6-7(5-13(2)12-6)4-8-9(14)11-10(15-3)16-8/h4-5H,1-3H3/b8-4-. The third-order valence-electron chi connectivity index (χ3n) is 2.11. The van der Waals surface area contributed by atoms with Gasteiger partial charge in [0.05, 0.1) is 10.6 Å². The quantitative estimate of drug-likeness (QED) is 0.719. The third kappa shape index (κ3) is 2.22. The SMILES string of the molecule is CSC1=NC(=O)/C(=C/c2cn(C)nc2C)S1. The molecule has 0 aliphatic carbocycles. The Balaban J connectivity index is 2.27. The van der Waals surface area contributed by atoms with E-state index in [0.29, 0.717) is 4.91 Å². The lowest BCUT2D eigenvalue weighted by molar-refractivity contribution is -0.113. The summed E-state index contributed by atoms with van der Waals surface area (Å²) in [7, 11) is 1.86. The minimum Gasteiger partial charge on any atom is -0.275 e. The molecule has 2 heterocycles. The van der Waals surface area contributed by atoms with Crippen molar-refractivity contribution in [3.63, 3.8) is 0 Å². The lowest BCUT2D eigenvalue weighted by Gasteiger charge is -1.93. The van der Waals surface area contributed by atoms with Crippen molar-refractivity contribution in [2.75, 3.05) is 6.26 Å². The summed E-state index contributed by atoms with van der Waals surface area (Å²) in [6.45, 7) is 1.92. The number of aliphatic imine (C=N–C) groups is 1. The van der Waals surface area contributed by atoms with E-state index in [1.165, 1.54) is 23.5 Å². The molecule has 0 unspecified atom stereocenters. The molecule has 0 atom stereocenters. The smallest absolute Gasteiger partial charge is 0.275 e. The number of thioether (sulfide) groups is 2. The van der Waals surface area contributed by atoms with E-state index >= 15 is 0 Å². The molecular formula is C10H11N3OS2. The summed E-state index contributed by atoms with van der Waals surface area (Å²) in [6, 6.07) is 0. The van der Waals surface area contributed by atoms with Gasteiger partial charge in [-0.2, -0.15) is 10.1 Å². The first-order chi connectivity index (χ1) is 7.60. The number of hydrogen-bond acceptors (Lipinski definition) is 4. The second kappa shape index (κ2) is 4.47. The zero-order valence-electron chi connectivity index (χ0n) is 9.22. The lowest BCUT2D eigenvalue weighted by Crippen LogP contribution is -1.87. The molecule has 16 heavy (non-hydrogen) atoms. The van der Waals surface area contributed by atoms with E-state index < -0.39 is 0 Å². The van der Waals surface area contributed by atoms with Crippen LogP contribution in [0.3, 0.4) is 0 Å². The van der Waals surface area contributed by atoms with Crippen LogP contribution in [-0.2, 0) is 11.8 Å². The number of aryl methyl sites for hydroxylation is 2. The minimum absolute atomic E-state index is 0.155. The summed E-state index contributed by atoms with van der Waals surface area (Å²) in [5.41, 5.74) is 1.89. The molecule has 0 saturated heterocycles. The average molecular weight is 253 g/mol. The van der Waals surface area contributed by atoms with E-state index in [2.05, 4.69) is 10.1 Å². The fraction of sp³-hybridized carbons (Fsp3) is 0.300. The van der Waals surface area contributed by atoms with Gasteiger partial charge in [-0.1, -0.05) is 11.8 Å². The summed E-state index contributed by atoms with van der Waals surface area (Å²) < 4.78 is 2.54. The van der Waals surface area contributed by atoms with Gasteiger partial charge in [-0.05, 0) is 19.3 Å². The Morgan fingerprint density at radius 1 is 1.56 bits per heavy atom. The number of aromatic nitrogens is 2. The summed E-state index contributed by atoms with van der Waals surface area (Å²) in [6.07, 6.45) is 5.66. The summed E-state index contributed by atoms with van der Waals surface area (Å²) >= 11 is 2.91. The number of hydrogen-bond donors (Lipinski definition) is 0. The van der Waals surface area contributed by atoms with Gasteiger partial charge in [0.25, 0.3) is 5.91 Å². The molecule has 6 heteroatoms. The Kier molecular flexibility index (Phi) is 3.20. The van der Waals surface area contributed by atoms with E-state index in [1.807, 2.05) is 32.5 Å². The van der Waals surface area contributed by atoms with Crippen molar-refractivity contribution in [3.8, 4) is 0 Å². The van der Waals surface area contributed by atoms with Crippen LogP contribution in [0.25, 0.3) is 6.08 Å². The van der Waals surface area contributed by atoms with Crippen molar-refractivity contribution in [2.45, 2.75) is 6.92 Å². The monoisotopic (exact) mass is 253 g/mol. The predicted molar refractivity (Wildman–Crippen MR) is 69.5 cm³/mol. The third-order valence-corrected chi connectivity index (χ3v) is 4.08. The highest BCUT2D eigenvalue weighted by Gasteiger charge is 2.21. The molecule has 1 amide bonds. The number of nitrogens with zero attached hydrogens (tertiary/aromatic N) is 3. The Morgan fingerprint density at radius 3 is 2.81 bits per heavy atom. The van der Waals surface area contributed by atoms with Crippen LogP contribution in [0.5, 0.6) is 0 Å². The molecule has 0 fully saturated rings. The van der Waals surface area contributed by atoms with E-state index in [4.69, 9.17) is 0 Å². The maximum Gasteiger partial charge on any atom is 0.285 e. The van der Waals surface area contributed by atoms with Crippen LogP contribution in [-0.4, -0.2) is 26.3 Å². The zero-order chi connectivity index (χ0) is 11.7. The first kappa shape index (κ1) is 11.5. The topological polar surface area (TPSA) is 47.2 Å². The molecular weight excluding hydrogens is 242 g/mol. The predicted octanol–water partition coefficient (Wildman–Crippen LogP) is 2.06. The van der Waals surface area contributed by atoms with Crippen LogP contribution in [0.1, 0.15) is 11.3 Å². The molecule has 0 aromatic carbocycles. The lowest BCUT2D eigenvalue weighted by atomic mass is 10.2. The van der Waals surface area contributed by atoms with Crippen LogP contribution in [0.4, 0.5) is 0 Å². The summed E-state index contributed by atoms with van der Waals surface area (Å²) in [4.78, 5) is 16.1. The zero-order valence-corrected chi connectivity index (χ0v) is 10.9. The van der Waals surface area contributed by atoms with Gasteiger partial charge in [0, 0.05) is 18.8 Å². The first-order valence-corrected chi connectivity index (χ1v) is 6.71. The molecule has 0 N–H and O–H groups in total. The Morgan fingerprint density at radius 2 is 2.31 bits per heavy atom. The summed E-state index contributed by atoms with van der Waals surface area (Å²) in [5, 5.41) is 4.23. The molecule has 1 aromatic heterocycles. The maximum absolute atomic E-state index is 11.5. The number of rotatable bonds is 1. The van der Waals surface area contributed by atoms with Gasteiger partial charge in [0.2, 0.25) is 0 Å². The van der Waals surface area contributed by atoms with Gasteiger partial charge in [-0.15, -0.1) is 11.8 Å². The number of amides is 1. The number of carbonyl (C=O) groups excluding carboxylic acids is 1. The molecule has 84 valence electrons. The van der Waals surface area contributed by atoms with Gasteiger partial charge >= 0.3 is 0 Å². The van der Waals surface area contributed by atoms with E-state index in [9.17, 15) is 4.79 Å². The molecule has 2 rings (SSSR count). The normalized spacial score (nSPS) is 18.3. The van der Waals surface area contributed by atoms with Crippen molar-refractivity contribution in [2.24, 2.45) is 12.0 Å². The van der Waals surface area contributed by atoms with Crippen LogP contribution in [0.2, 0.25) is 0 Å². The van der Waals surface area contributed by atoms with Crippen molar-refractivity contribution in [1.82, 2.24) is 9.78 Å². The van der Waals surface area contributed by atoms with E-state index in [0.717, 1.165) is 15.6 Å². The highest BCUT2D eigenvalue weighted by Crippen LogP contribution is 2.32. The molecule has 0 saturated carbocycles. The van der Waals surface area contributed by atoms with Gasteiger partial charge < -0.3 is 0 Å². The van der Waals surface area contributed by atoms with Gasteiger partial charge in [-0.3, -0.25) is 9.48 Å². The first-order valence-electron chi connectivity index (χ1n) is 4.67. The molecule has 0 spiro atoms. The second-order valence-electron chi connectivity index (χ2n) is 3.34. The highest BCUT2D eigenvalue weighted by atomic mass is 32.2. The van der Waals surface area contributed by atoms with Crippen molar-refractivity contribution >= 4 is 39.9 Å². The molecule has 1 aliphatic rings. The van der Waals surface area contributed by atoms with Crippen LogP contribution in [0, 0.1) is 6.92 Å². The Bertz CT molecular complexity index is 502. The average Bonchev–Trinajstić information content (AvgIpc) is 2.72. The van der Waals surface area contributed by atoms with Crippen molar-refractivity contribution in [3.05, 3.63) is 22.4 Å². The fourth-order valence-corrected chi connectivity index (χ4v) is 2.79. The Hall–Kier alpha value is -1.01. The molecule has 4 nitrogen and oxygen atoms in total.